The summed E-state index contributed by atoms with van der Waals surface area (Å²) in [7, 11) is 0. The number of rotatable bonds is 3. The van der Waals surface area contributed by atoms with Crippen LogP contribution in [-0.4, -0.2) is 24.0 Å². The Hall–Kier alpha value is -0.380. The van der Waals surface area contributed by atoms with Gasteiger partial charge in [-0.25, -0.2) is 0 Å². The van der Waals surface area contributed by atoms with E-state index < -0.39 is 0 Å². The smallest absolute Gasteiger partial charge is 0.0473 e. The Morgan fingerprint density at radius 1 is 1.44 bits per heavy atom. The topological polar surface area (TPSA) is 29.3 Å². The van der Waals surface area contributed by atoms with Gasteiger partial charge in [0.2, 0.25) is 0 Å². The van der Waals surface area contributed by atoms with Gasteiger partial charge in [-0.1, -0.05) is 34.5 Å². The molecule has 1 aromatic rings. The number of nitrogens with two attached hydrogens (primary N) is 1. The maximum Gasteiger partial charge on any atom is 0.0473 e. The monoisotopic (exact) mass is 310 g/mol. The van der Waals surface area contributed by atoms with Crippen molar-refractivity contribution >= 4 is 15.9 Å². The van der Waals surface area contributed by atoms with E-state index in [2.05, 4.69) is 52.9 Å². The third-order valence-corrected chi connectivity index (χ3v) is 4.93. The van der Waals surface area contributed by atoms with E-state index in [1.165, 1.54) is 41.4 Å². The van der Waals surface area contributed by atoms with E-state index in [1.807, 2.05) is 0 Å². The van der Waals surface area contributed by atoms with Crippen LogP contribution in [-0.2, 0) is 0 Å². The van der Waals surface area contributed by atoms with Gasteiger partial charge in [0.05, 0.1) is 0 Å². The normalized spacial score (nSPS) is 23.0. The van der Waals surface area contributed by atoms with E-state index in [0.717, 1.165) is 0 Å². The van der Waals surface area contributed by atoms with Crippen LogP contribution >= 0.6 is 15.9 Å². The fraction of sp³-hybridized carbons (Fsp3) is 0.600. The van der Waals surface area contributed by atoms with Crippen molar-refractivity contribution in [3.05, 3.63) is 33.8 Å². The summed E-state index contributed by atoms with van der Waals surface area (Å²) >= 11 is 3.56. The summed E-state index contributed by atoms with van der Waals surface area (Å²) in [6.07, 6.45) is 3.96. The summed E-state index contributed by atoms with van der Waals surface area (Å²) in [4.78, 5) is 2.58. The summed E-state index contributed by atoms with van der Waals surface area (Å²) < 4.78 is 1.17. The Morgan fingerprint density at radius 2 is 2.22 bits per heavy atom. The van der Waals surface area contributed by atoms with Crippen LogP contribution in [0.3, 0.4) is 0 Å². The van der Waals surface area contributed by atoms with Crippen molar-refractivity contribution in [2.75, 3.05) is 13.1 Å². The van der Waals surface area contributed by atoms with E-state index in [1.54, 1.807) is 0 Å². The highest BCUT2D eigenvalue weighted by atomic mass is 79.9. The van der Waals surface area contributed by atoms with E-state index in [4.69, 9.17) is 5.73 Å². The van der Waals surface area contributed by atoms with Crippen molar-refractivity contribution in [3.63, 3.8) is 0 Å². The molecule has 1 fully saturated rings. The van der Waals surface area contributed by atoms with Crippen LogP contribution in [0.1, 0.15) is 43.4 Å². The first-order chi connectivity index (χ1) is 8.63. The molecule has 1 saturated heterocycles. The molecule has 1 heterocycles. The fourth-order valence-electron chi connectivity index (χ4n) is 2.92. The first-order valence-electron chi connectivity index (χ1n) is 6.85. The minimum atomic E-state index is 0.368. The number of nitrogens with zero attached hydrogens (tertiary/aromatic N) is 1. The molecular formula is C15H23BrN2. The maximum absolute atomic E-state index is 6.03. The molecule has 1 aliphatic heterocycles. The van der Waals surface area contributed by atoms with Crippen molar-refractivity contribution < 1.29 is 0 Å². The second kappa shape index (κ2) is 6.18. The van der Waals surface area contributed by atoms with Crippen molar-refractivity contribution in [1.29, 1.82) is 0 Å². The predicted molar refractivity (Wildman–Crippen MR) is 80.7 cm³/mol. The van der Waals surface area contributed by atoms with Crippen LogP contribution in [0.5, 0.6) is 0 Å². The molecule has 0 spiro atoms. The van der Waals surface area contributed by atoms with Crippen molar-refractivity contribution in [2.45, 2.75) is 45.2 Å². The number of halogens is 1. The highest BCUT2D eigenvalue weighted by Gasteiger charge is 2.26. The van der Waals surface area contributed by atoms with E-state index >= 15 is 0 Å². The molecule has 2 atom stereocenters. The molecule has 2 N–H and O–H groups in total. The zero-order valence-corrected chi connectivity index (χ0v) is 12.9. The highest BCUT2D eigenvalue weighted by Crippen LogP contribution is 2.29. The molecule has 0 bridgehead atoms. The van der Waals surface area contributed by atoms with Crippen LogP contribution in [0.2, 0.25) is 0 Å². The average molecular weight is 311 g/mol. The second-order valence-corrected chi connectivity index (χ2v) is 6.20. The molecule has 100 valence electrons. The number of benzene rings is 1. The molecule has 18 heavy (non-hydrogen) atoms. The van der Waals surface area contributed by atoms with Gasteiger partial charge in [-0.15, -0.1) is 0 Å². The van der Waals surface area contributed by atoms with E-state index in [-0.39, 0.29) is 0 Å². The molecule has 3 heteroatoms. The summed E-state index contributed by atoms with van der Waals surface area (Å²) in [6.45, 7) is 6.35. The minimum absolute atomic E-state index is 0.368. The molecule has 0 radical (unpaired) electrons. The van der Waals surface area contributed by atoms with E-state index in [9.17, 15) is 0 Å². The van der Waals surface area contributed by atoms with Gasteiger partial charge in [-0.05, 0) is 50.4 Å². The first-order valence-corrected chi connectivity index (χ1v) is 7.64. The Kier molecular flexibility index (Phi) is 4.82. The maximum atomic E-state index is 6.03. The highest BCUT2D eigenvalue weighted by molar-refractivity contribution is 9.10. The van der Waals surface area contributed by atoms with Crippen LogP contribution in [0.15, 0.2) is 22.7 Å². The standard InChI is InChI=1S/C15H23BrN2/c1-11-9-13(6-7-14(11)16)15(10-17)18-8-4-3-5-12(18)2/h6-7,9,12,15H,3-5,8,10,17H2,1-2H3. The molecule has 0 aromatic heterocycles. The van der Waals surface area contributed by atoms with Gasteiger partial charge < -0.3 is 5.73 Å². The zero-order valence-electron chi connectivity index (χ0n) is 11.3. The lowest BCUT2D eigenvalue weighted by molar-refractivity contribution is 0.109. The molecular weight excluding hydrogens is 288 g/mol. The summed E-state index contributed by atoms with van der Waals surface area (Å²) in [5.41, 5.74) is 8.67. The van der Waals surface area contributed by atoms with Gasteiger partial charge in [0.25, 0.3) is 0 Å². The third-order valence-electron chi connectivity index (χ3n) is 4.04. The lowest BCUT2D eigenvalue weighted by Gasteiger charge is -2.39. The van der Waals surface area contributed by atoms with Crippen LogP contribution in [0.25, 0.3) is 0 Å². The third kappa shape index (κ3) is 2.95. The second-order valence-electron chi connectivity index (χ2n) is 5.34. The van der Waals surface area contributed by atoms with Crippen LogP contribution in [0.4, 0.5) is 0 Å². The van der Waals surface area contributed by atoms with Crippen molar-refractivity contribution in [3.8, 4) is 0 Å². The number of piperidine rings is 1. The number of likely N-dealkylation sites (tertiary alicyclic amines) is 1. The van der Waals surface area contributed by atoms with Gasteiger partial charge in [0, 0.05) is 23.1 Å². The predicted octanol–water partition coefficient (Wildman–Crippen LogP) is 3.63. The lowest BCUT2D eigenvalue weighted by Crippen LogP contribution is -2.43. The van der Waals surface area contributed by atoms with Crippen molar-refractivity contribution in [2.24, 2.45) is 5.73 Å². The lowest BCUT2D eigenvalue weighted by atomic mass is 9.96. The van der Waals surface area contributed by atoms with Crippen LogP contribution in [0, 0.1) is 6.92 Å². The Labute approximate surface area is 119 Å². The molecule has 0 aliphatic carbocycles. The molecule has 2 unspecified atom stereocenters. The average Bonchev–Trinajstić information content (AvgIpc) is 2.37. The summed E-state index contributed by atoms with van der Waals surface area (Å²) in [5.74, 6) is 0. The van der Waals surface area contributed by atoms with Gasteiger partial charge in [-0.3, -0.25) is 4.90 Å². The molecule has 2 rings (SSSR count). The first kappa shape index (κ1) is 14.0. The quantitative estimate of drug-likeness (QED) is 0.923. The molecule has 2 nitrogen and oxygen atoms in total. The molecule has 0 amide bonds. The Morgan fingerprint density at radius 3 is 2.83 bits per heavy atom. The molecule has 1 aliphatic rings. The summed E-state index contributed by atoms with van der Waals surface area (Å²) in [6, 6.07) is 7.63. The fourth-order valence-corrected chi connectivity index (χ4v) is 3.17. The molecule has 1 aromatic carbocycles. The number of hydrogen-bond donors (Lipinski definition) is 1. The van der Waals surface area contributed by atoms with Crippen LogP contribution < -0.4 is 5.73 Å². The van der Waals surface area contributed by atoms with E-state index in [0.29, 0.717) is 18.6 Å². The minimum Gasteiger partial charge on any atom is -0.329 e. The Balaban J connectivity index is 2.23. The molecule has 0 saturated carbocycles. The SMILES string of the molecule is Cc1cc(C(CN)N2CCCCC2C)ccc1Br. The van der Waals surface area contributed by atoms with Crippen molar-refractivity contribution in [1.82, 2.24) is 4.90 Å². The number of aryl methyl sites for hydroxylation is 1. The number of hydrogen-bond acceptors (Lipinski definition) is 2. The largest absolute Gasteiger partial charge is 0.329 e. The van der Waals surface area contributed by atoms with Gasteiger partial charge in [0.1, 0.15) is 0 Å². The summed E-state index contributed by atoms with van der Waals surface area (Å²) in [5, 5.41) is 0. The van der Waals surface area contributed by atoms with Gasteiger partial charge >= 0.3 is 0 Å². The van der Waals surface area contributed by atoms with Gasteiger partial charge in [-0.2, -0.15) is 0 Å². The Bertz CT molecular complexity index is 405. The zero-order chi connectivity index (χ0) is 13.1. The van der Waals surface area contributed by atoms with Gasteiger partial charge in [0.15, 0.2) is 0 Å².